The number of amidine groups is 1. The van der Waals surface area contributed by atoms with E-state index in [9.17, 15) is 0 Å². The fourth-order valence-electron chi connectivity index (χ4n) is 3.08. The molecule has 2 heterocycles. The van der Waals surface area contributed by atoms with Crippen LogP contribution in [0, 0.1) is 5.92 Å². The predicted molar refractivity (Wildman–Crippen MR) is 111 cm³/mol. The van der Waals surface area contributed by atoms with E-state index in [1.165, 1.54) is 0 Å². The second kappa shape index (κ2) is 8.73. The summed E-state index contributed by atoms with van der Waals surface area (Å²) in [6.07, 6.45) is 1.94. The van der Waals surface area contributed by atoms with Gasteiger partial charge in [-0.05, 0) is 37.2 Å². The number of azo groups is 1. The minimum Gasteiger partial charge on any atom is -0.309 e. The van der Waals surface area contributed by atoms with E-state index in [-0.39, 0.29) is 5.92 Å². The van der Waals surface area contributed by atoms with Gasteiger partial charge in [-0.25, -0.2) is 4.57 Å². The summed E-state index contributed by atoms with van der Waals surface area (Å²) in [5.74, 6) is 1.47. The number of hydrogen-bond donors (Lipinski definition) is 0. The van der Waals surface area contributed by atoms with E-state index in [1.54, 1.807) is 0 Å². The molecule has 146 valence electrons. The number of benzene rings is 1. The third-order valence-electron chi connectivity index (χ3n) is 4.62. The zero-order valence-corrected chi connectivity index (χ0v) is 17.2. The summed E-state index contributed by atoms with van der Waals surface area (Å²) in [4.78, 5) is 0. The van der Waals surface area contributed by atoms with Gasteiger partial charge in [-0.2, -0.15) is 0 Å². The molecule has 0 unspecified atom stereocenters. The summed E-state index contributed by atoms with van der Waals surface area (Å²) in [5.41, 5.74) is 3.14. The van der Waals surface area contributed by atoms with Gasteiger partial charge in [0.2, 0.25) is 11.5 Å². The van der Waals surface area contributed by atoms with Crippen LogP contribution in [0.1, 0.15) is 27.7 Å². The van der Waals surface area contributed by atoms with Crippen molar-refractivity contribution in [2.75, 3.05) is 0 Å². The third kappa shape index (κ3) is 3.93. The monoisotopic (exact) mass is 378 g/mol. The maximum Gasteiger partial charge on any atom is 0.350 e. The number of hydrogen-bond acceptors (Lipinski definition) is 3. The molecule has 7 nitrogen and oxygen atoms in total. The lowest BCUT2D eigenvalue weighted by Crippen LogP contribution is -2.26. The first-order valence-electron chi connectivity index (χ1n) is 9.72. The van der Waals surface area contributed by atoms with E-state index in [4.69, 9.17) is 0 Å². The van der Waals surface area contributed by atoms with Crippen LogP contribution in [0.3, 0.4) is 0 Å². The van der Waals surface area contributed by atoms with Crippen molar-refractivity contribution in [2.24, 2.45) is 33.4 Å². The van der Waals surface area contributed by atoms with E-state index < -0.39 is 0 Å². The molecule has 0 bridgehead atoms. The van der Waals surface area contributed by atoms with Crippen LogP contribution in [-0.4, -0.2) is 15.0 Å². The van der Waals surface area contributed by atoms with Crippen molar-refractivity contribution in [1.82, 2.24) is 9.13 Å². The lowest BCUT2D eigenvalue weighted by atomic mass is 10.2. The number of aryl methyl sites for hydroxylation is 3. The molecule has 1 aromatic carbocycles. The Labute approximate surface area is 165 Å². The number of imidazole rings is 1. The Morgan fingerprint density at radius 2 is 1.57 bits per heavy atom. The van der Waals surface area contributed by atoms with Crippen molar-refractivity contribution < 1.29 is 4.57 Å². The largest absolute Gasteiger partial charge is 0.350 e. The number of aromatic nitrogens is 3. The third-order valence-corrected chi connectivity index (χ3v) is 4.62. The first kappa shape index (κ1) is 19.7. The topological polar surface area (TPSA) is 63.2 Å². The molecule has 3 aromatic rings. The van der Waals surface area contributed by atoms with Crippen LogP contribution in [0.4, 0.5) is 5.82 Å². The number of fused-ring (bicyclic) bond motifs is 1. The van der Waals surface area contributed by atoms with Crippen LogP contribution < -0.4 is 10.2 Å². The summed E-state index contributed by atoms with van der Waals surface area (Å²) in [5, 5.41) is 17.8. The van der Waals surface area contributed by atoms with Crippen molar-refractivity contribution in [3.05, 3.63) is 54.3 Å². The summed E-state index contributed by atoms with van der Waals surface area (Å²) in [6, 6.07) is 14.1. The van der Waals surface area contributed by atoms with Crippen molar-refractivity contribution in [3.8, 4) is 0 Å². The summed E-state index contributed by atoms with van der Waals surface area (Å²) < 4.78 is 6.27. The lowest BCUT2D eigenvalue weighted by molar-refractivity contribution is -0.658. The van der Waals surface area contributed by atoms with Crippen molar-refractivity contribution in [1.29, 1.82) is 0 Å². The Hall–Kier alpha value is -3.09. The molecule has 0 saturated heterocycles. The van der Waals surface area contributed by atoms with E-state index in [1.807, 2.05) is 49.9 Å². The molecule has 0 spiro atoms. The standard InChI is InChI=1S/C21H28N7/c1-6-27-17-12-8-9-13-18(17)28(7-2)21(27)25-24-20(16(3)4)23-22-19-14-10-11-15-26(19)5/h8-16H,6-7H2,1-5H3/q+1. The lowest BCUT2D eigenvalue weighted by Gasteiger charge is -2.01. The molecule has 2 aromatic heterocycles. The van der Waals surface area contributed by atoms with Crippen LogP contribution in [0.5, 0.6) is 0 Å². The average molecular weight is 379 g/mol. The van der Waals surface area contributed by atoms with Crippen molar-refractivity contribution in [3.63, 3.8) is 0 Å². The summed E-state index contributed by atoms with van der Waals surface area (Å²) >= 11 is 0. The van der Waals surface area contributed by atoms with Gasteiger partial charge >= 0.3 is 5.82 Å². The fraction of sp³-hybridized carbons (Fsp3) is 0.381. The molecule has 0 N–H and O–H groups in total. The maximum absolute atomic E-state index is 4.59. The van der Waals surface area contributed by atoms with Gasteiger partial charge in [0.15, 0.2) is 0 Å². The fourth-order valence-corrected chi connectivity index (χ4v) is 3.08. The van der Waals surface area contributed by atoms with E-state index in [0.717, 1.165) is 35.6 Å². The minimum absolute atomic E-state index is 0.107. The average Bonchev–Trinajstić information content (AvgIpc) is 3.01. The van der Waals surface area contributed by atoms with Gasteiger partial charge in [-0.15, -0.1) is 10.2 Å². The van der Waals surface area contributed by atoms with Gasteiger partial charge in [0.1, 0.15) is 0 Å². The van der Waals surface area contributed by atoms with Gasteiger partial charge in [-0.3, -0.25) is 0 Å². The van der Waals surface area contributed by atoms with Crippen LogP contribution in [0.25, 0.3) is 11.0 Å². The molecule has 0 saturated carbocycles. The Kier molecular flexibility index (Phi) is 6.13. The second-order valence-corrected chi connectivity index (χ2v) is 6.86. The van der Waals surface area contributed by atoms with Gasteiger partial charge in [0.05, 0.1) is 29.4 Å². The number of nitrogens with zero attached hydrogens (tertiary/aromatic N) is 7. The first-order valence-corrected chi connectivity index (χ1v) is 9.72. The Balaban J connectivity index is 2.10. The highest BCUT2D eigenvalue weighted by molar-refractivity contribution is 5.84. The molecule has 3 rings (SSSR count). The quantitative estimate of drug-likeness (QED) is 0.212. The van der Waals surface area contributed by atoms with E-state index >= 15 is 0 Å². The first-order chi connectivity index (χ1) is 13.6. The number of pyridine rings is 1. The van der Waals surface area contributed by atoms with Gasteiger partial charge < -0.3 is 9.13 Å². The van der Waals surface area contributed by atoms with Crippen molar-refractivity contribution >= 4 is 22.7 Å². The zero-order chi connectivity index (χ0) is 20.1. The van der Waals surface area contributed by atoms with Gasteiger partial charge in [0, 0.05) is 25.1 Å². The molecule has 0 atom stereocenters. The van der Waals surface area contributed by atoms with E-state index in [2.05, 4.69) is 67.7 Å². The minimum atomic E-state index is 0.107. The van der Waals surface area contributed by atoms with Crippen LogP contribution in [0.15, 0.2) is 69.1 Å². The normalized spacial score (nSPS) is 12.4. The SMILES string of the molecule is CCn1c(=NN=C(N=Nc2cccc[n+]2C)C(C)C)n(CC)c2ccccc21. The summed E-state index contributed by atoms with van der Waals surface area (Å²) in [6.45, 7) is 9.96. The highest BCUT2D eigenvalue weighted by atomic mass is 15.3. The molecule has 0 radical (unpaired) electrons. The molecule has 0 aliphatic carbocycles. The molecule has 28 heavy (non-hydrogen) atoms. The second-order valence-electron chi connectivity index (χ2n) is 6.86. The zero-order valence-electron chi connectivity index (χ0n) is 17.2. The molecular formula is C21H28N7+. The van der Waals surface area contributed by atoms with E-state index in [0.29, 0.717) is 5.84 Å². The predicted octanol–water partition coefficient (Wildman–Crippen LogP) is 3.96. The number of rotatable bonds is 5. The molecule has 0 fully saturated rings. The molecule has 0 aliphatic rings. The van der Waals surface area contributed by atoms with Crippen molar-refractivity contribution in [2.45, 2.75) is 40.8 Å². The Bertz CT molecular complexity index is 1040. The van der Waals surface area contributed by atoms with Gasteiger partial charge in [-0.1, -0.05) is 32.0 Å². The van der Waals surface area contributed by atoms with Crippen LogP contribution in [0.2, 0.25) is 0 Å². The van der Waals surface area contributed by atoms with Crippen LogP contribution in [-0.2, 0) is 20.1 Å². The Morgan fingerprint density at radius 1 is 0.964 bits per heavy atom. The highest BCUT2D eigenvalue weighted by Crippen LogP contribution is 2.13. The van der Waals surface area contributed by atoms with Gasteiger partial charge in [0.25, 0.3) is 0 Å². The molecule has 0 amide bonds. The Morgan fingerprint density at radius 3 is 2.11 bits per heavy atom. The summed E-state index contributed by atoms with van der Waals surface area (Å²) in [7, 11) is 1.94. The highest BCUT2D eigenvalue weighted by Gasteiger charge is 2.12. The number of para-hydroxylation sites is 2. The molecular weight excluding hydrogens is 350 g/mol. The molecule has 7 heteroatoms. The molecule has 0 aliphatic heterocycles. The smallest absolute Gasteiger partial charge is 0.309 e. The maximum atomic E-state index is 4.59. The van der Waals surface area contributed by atoms with Crippen LogP contribution >= 0.6 is 0 Å².